The van der Waals surface area contributed by atoms with Crippen LogP contribution < -0.4 is 5.32 Å². The van der Waals surface area contributed by atoms with Gasteiger partial charge in [0.05, 0.1) is 20.1 Å². The van der Waals surface area contributed by atoms with Crippen LogP contribution in [-0.2, 0) is 0 Å². The van der Waals surface area contributed by atoms with E-state index in [-0.39, 0.29) is 10.6 Å². The Bertz CT molecular complexity index is 637. The van der Waals surface area contributed by atoms with Gasteiger partial charge in [-0.15, -0.1) is 11.3 Å². The molecule has 1 aromatic carbocycles. The molecule has 0 aliphatic carbocycles. The molecule has 6 heteroatoms. The van der Waals surface area contributed by atoms with Crippen LogP contribution in [0.4, 0.5) is 11.4 Å². The lowest BCUT2D eigenvalue weighted by Gasteiger charge is -2.16. The summed E-state index contributed by atoms with van der Waals surface area (Å²) in [7, 11) is 0. The quantitative estimate of drug-likeness (QED) is 0.662. The minimum atomic E-state index is -0.336. The minimum Gasteiger partial charge on any atom is -0.379 e. The van der Waals surface area contributed by atoms with E-state index in [2.05, 4.69) is 31.1 Å². The van der Waals surface area contributed by atoms with E-state index in [9.17, 15) is 10.1 Å². The Morgan fingerprint density at radius 1 is 1.40 bits per heavy atom. The van der Waals surface area contributed by atoms with Gasteiger partial charge in [-0.1, -0.05) is 20.8 Å². The normalized spacial score (nSPS) is 12.8. The summed E-state index contributed by atoms with van der Waals surface area (Å²) in [5.41, 5.74) is 1.50. The van der Waals surface area contributed by atoms with Crippen LogP contribution in [-0.4, -0.2) is 16.5 Å². The van der Waals surface area contributed by atoms with Crippen molar-refractivity contribution in [3.05, 3.63) is 27.3 Å². The SMILES string of the molecule is Cc1nc2cc(NCC(C)C(C)C)c([N+](=O)[O-])cc2s1. The number of hydrogen-bond donors (Lipinski definition) is 1. The van der Waals surface area contributed by atoms with Gasteiger partial charge in [0.25, 0.3) is 5.69 Å². The molecule has 2 aromatic rings. The zero-order valence-electron chi connectivity index (χ0n) is 12.1. The highest BCUT2D eigenvalue weighted by molar-refractivity contribution is 7.18. The van der Waals surface area contributed by atoms with E-state index in [0.717, 1.165) is 15.2 Å². The number of nitro groups is 1. The average Bonchev–Trinajstić information content (AvgIpc) is 2.73. The third kappa shape index (κ3) is 3.07. The maximum absolute atomic E-state index is 11.2. The zero-order valence-corrected chi connectivity index (χ0v) is 13.0. The van der Waals surface area contributed by atoms with Crippen LogP contribution in [0.3, 0.4) is 0 Å². The number of fused-ring (bicyclic) bond motifs is 1. The Kier molecular flexibility index (Phi) is 4.23. The van der Waals surface area contributed by atoms with Crippen LogP contribution in [0.1, 0.15) is 25.8 Å². The molecule has 2 rings (SSSR count). The third-order valence-electron chi connectivity index (χ3n) is 3.56. The molecule has 5 nitrogen and oxygen atoms in total. The number of aromatic nitrogens is 1. The van der Waals surface area contributed by atoms with Crippen LogP contribution in [0.25, 0.3) is 10.2 Å². The summed E-state index contributed by atoms with van der Waals surface area (Å²) in [5, 5.41) is 15.3. The maximum atomic E-state index is 11.2. The Morgan fingerprint density at radius 2 is 2.10 bits per heavy atom. The van der Waals surface area contributed by atoms with E-state index in [4.69, 9.17) is 0 Å². The fraction of sp³-hybridized carbons (Fsp3) is 0.500. The summed E-state index contributed by atoms with van der Waals surface area (Å²) in [4.78, 5) is 15.3. The Hall–Kier alpha value is -1.69. The van der Waals surface area contributed by atoms with Crippen molar-refractivity contribution in [1.29, 1.82) is 0 Å². The number of benzene rings is 1. The molecule has 0 saturated carbocycles. The van der Waals surface area contributed by atoms with Crippen LogP contribution >= 0.6 is 11.3 Å². The lowest BCUT2D eigenvalue weighted by Crippen LogP contribution is -2.16. The summed E-state index contributed by atoms with van der Waals surface area (Å²) in [5.74, 6) is 0.981. The average molecular weight is 293 g/mol. The molecule has 0 amide bonds. The summed E-state index contributed by atoms with van der Waals surface area (Å²) in [6.45, 7) is 9.05. The molecule has 0 radical (unpaired) electrons. The van der Waals surface area contributed by atoms with E-state index in [1.807, 2.05) is 6.92 Å². The minimum absolute atomic E-state index is 0.122. The molecule has 108 valence electrons. The van der Waals surface area contributed by atoms with Crippen molar-refractivity contribution in [3.8, 4) is 0 Å². The number of thiazole rings is 1. The van der Waals surface area contributed by atoms with Gasteiger partial charge in [0.2, 0.25) is 0 Å². The molecule has 1 N–H and O–H groups in total. The van der Waals surface area contributed by atoms with Gasteiger partial charge in [0, 0.05) is 12.6 Å². The summed E-state index contributed by atoms with van der Waals surface area (Å²) < 4.78 is 0.858. The van der Waals surface area contributed by atoms with Gasteiger partial charge in [-0.3, -0.25) is 10.1 Å². The van der Waals surface area contributed by atoms with E-state index in [1.165, 1.54) is 11.3 Å². The molecule has 0 spiro atoms. The molecule has 0 saturated heterocycles. The zero-order chi connectivity index (χ0) is 14.9. The number of nitro benzene ring substituents is 1. The molecule has 20 heavy (non-hydrogen) atoms. The van der Waals surface area contributed by atoms with Crippen molar-refractivity contribution in [2.75, 3.05) is 11.9 Å². The Balaban J connectivity index is 2.34. The molecule has 1 unspecified atom stereocenters. The van der Waals surface area contributed by atoms with Crippen molar-refractivity contribution in [3.63, 3.8) is 0 Å². The third-order valence-corrected chi connectivity index (χ3v) is 4.50. The number of anilines is 1. The predicted octanol–water partition coefficient (Wildman–Crippen LogP) is 4.22. The Labute approximate surface area is 122 Å². The summed E-state index contributed by atoms with van der Waals surface area (Å²) in [6.07, 6.45) is 0. The summed E-state index contributed by atoms with van der Waals surface area (Å²) >= 11 is 1.48. The molecule has 1 aromatic heterocycles. The number of rotatable bonds is 5. The molecule has 0 aliphatic rings. The second-order valence-corrected chi connectivity index (χ2v) is 6.66. The Morgan fingerprint density at radius 3 is 2.70 bits per heavy atom. The topological polar surface area (TPSA) is 68.1 Å². The highest BCUT2D eigenvalue weighted by Crippen LogP contribution is 2.33. The number of nitrogens with one attached hydrogen (secondary N) is 1. The number of hydrogen-bond acceptors (Lipinski definition) is 5. The van der Waals surface area contributed by atoms with Gasteiger partial charge in [0.15, 0.2) is 0 Å². The van der Waals surface area contributed by atoms with Crippen molar-refractivity contribution in [1.82, 2.24) is 4.98 Å². The highest BCUT2D eigenvalue weighted by atomic mass is 32.1. The molecule has 0 aliphatic heterocycles. The van der Waals surface area contributed by atoms with E-state index < -0.39 is 0 Å². The second kappa shape index (κ2) is 5.75. The predicted molar refractivity (Wildman–Crippen MR) is 83.5 cm³/mol. The first-order chi connectivity index (χ1) is 9.38. The van der Waals surface area contributed by atoms with Gasteiger partial charge in [-0.05, 0) is 24.8 Å². The van der Waals surface area contributed by atoms with Crippen LogP contribution in [0.15, 0.2) is 12.1 Å². The van der Waals surface area contributed by atoms with Gasteiger partial charge < -0.3 is 5.32 Å². The first kappa shape index (κ1) is 14.7. The van der Waals surface area contributed by atoms with Crippen molar-refractivity contribution in [2.24, 2.45) is 11.8 Å². The van der Waals surface area contributed by atoms with Crippen molar-refractivity contribution < 1.29 is 4.92 Å². The molecule has 1 atom stereocenters. The van der Waals surface area contributed by atoms with E-state index in [1.54, 1.807) is 12.1 Å². The van der Waals surface area contributed by atoms with Crippen LogP contribution in [0.2, 0.25) is 0 Å². The maximum Gasteiger partial charge on any atom is 0.293 e. The van der Waals surface area contributed by atoms with Gasteiger partial charge in [0.1, 0.15) is 5.69 Å². The molecule has 0 bridgehead atoms. The van der Waals surface area contributed by atoms with E-state index >= 15 is 0 Å². The highest BCUT2D eigenvalue weighted by Gasteiger charge is 2.18. The molecule has 1 heterocycles. The first-order valence-electron chi connectivity index (χ1n) is 6.68. The summed E-state index contributed by atoms with van der Waals surface area (Å²) in [6, 6.07) is 3.40. The fourth-order valence-electron chi connectivity index (χ4n) is 1.88. The van der Waals surface area contributed by atoms with Gasteiger partial charge in [-0.25, -0.2) is 4.98 Å². The van der Waals surface area contributed by atoms with Crippen molar-refractivity contribution >= 4 is 32.9 Å². The van der Waals surface area contributed by atoms with Gasteiger partial charge in [-0.2, -0.15) is 0 Å². The van der Waals surface area contributed by atoms with Crippen molar-refractivity contribution in [2.45, 2.75) is 27.7 Å². The largest absolute Gasteiger partial charge is 0.379 e. The standard InChI is InChI=1S/C14H19N3O2S/c1-8(2)9(3)7-15-11-5-12-14(20-10(4)16-12)6-13(11)17(18)19/h5-6,8-9,15H,7H2,1-4H3. The molecular formula is C14H19N3O2S. The van der Waals surface area contributed by atoms with E-state index in [0.29, 0.717) is 24.1 Å². The lowest BCUT2D eigenvalue weighted by atomic mass is 9.98. The van der Waals surface area contributed by atoms with Crippen LogP contribution in [0.5, 0.6) is 0 Å². The molecule has 0 fully saturated rings. The van der Waals surface area contributed by atoms with Crippen LogP contribution in [0, 0.1) is 28.9 Å². The lowest BCUT2D eigenvalue weighted by molar-refractivity contribution is -0.383. The number of nitrogens with zero attached hydrogens (tertiary/aromatic N) is 2. The fourth-order valence-corrected chi connectivity index (χ4v) is 2.72. The van der Waals surface area contributed by atoms with Gasteiger partial charge >= 0.3 is 0 Å². The second-order valence-electron chi connectivity index (χ2n) is 5.43. The smallest absolute Gasteiger partial charge is 0.293 e. The number of aryl methyl sites for hydroxylation is 1. The monoisotopic (exact) mass is 293 g/mol. The molecular weight excluding hydrogens is 274 g/mol. The first-order valence-corrected chi connectivity index (χ1v) is 7.49.